The maximum atomic E-state index is 11.9. The summed E-state index contributed by atoms with van der Waals surface area (Å²) in [5.41, 5.74) is 3.84. The first kappa shape index (κ1) is 18.2. The number of piperazine rings is 1. The molecule has 1 aliphatic heterocycles. The lowest BCUT2D eigenvalue weighted by Gasteiger charge is -2.34. The zero-order chi connectivity index (χ0) is 18.8. The molecule has 2 aromatic carbocycles. The number of halogens is 1. The van der Waals surface area contributed by atoms with Crippen LogP contribution in [0.3, 0.4) is 0 Å². The molecule has 5 heteroatoms. The van der Waals surface area contributed by atoms with E-state index in [1.54, 1.807) is 6.07 Å². The van der Waals surface area contributed by atoms with E-state index in [4.69, 9.17) is 16.0 Å². The first-order valence-corrected chi connectivity index (χ1v) is 9.67. The van der Waals surface area contributed by atoms with Crippen LogP contribution in [0.15, 0.2) is 57.7 Å². The van der Waals surface area contributed by atoms with Gasteiger partial charge in [0.15, 0.2) is 0 Å². The molecule has 0 radical (unpaired) electrons. The number of hydrogen-bond acceptors (Lipinski definition) is 4. The molecule has 4 rings (SSSR count). The van der Waals surface area contributed by atoms with Crippen LogP contribution in [-0.4, -0.2) is 36.0 Å². The molecule has 1 fully saturated rings. The van der Waals surface area contributed by atoms with E-state index >= 15 is 0 Å². The van der Waals surface area contributed by atoms with E-state index in [-0.39, 0.29) is 5.63 Å². The van der Waals surface area contributed by atoms with E-state index < -0.39 is 0 Å². The fourth-order valence-corrected chi connectivity index (χ4v) is 3.79. The molecule has 0 aliphatic carbocycles. The molecule has 4 nitrogen and oxygen atoms in total. The maximum Gasteiger partial charge on any atom is 0.336 e. The second-order valence-corrected chi connectivity index (χ2v) is 7.71. The van der Waals surface area contributed by atoms with Crippen LogP contribution in [0.4, 0.5) is 0 Å². The highest BCUT2D eigenvalue weighted by Crippen LogP contribution is 2.21. The lowest BCUT2D eigenvalue weighted by Crippen LogP contribution is -2.45. The average Bonchev–Trinajstić information content (AvgIpc) is 2.64. The molecule has 27 heavy (non-hydrogen) atoms. The monoisotopic (exact) mass is 382 g/mol. The van der Waals surface area contributed by atoms with Crippen LogP contribution in [0.5, 0.6) is 0 Å². The van der Waals surface area contributed by atoms with E-state index in [0.29, 0.717) is 5.58 Å². The van der Waals surface area contributed by atoms with Crippen molar-refractivity contribution in [1.29, 1.82) is 0 Å². The van der Waals surface area contributed by atoms with Crippen molar-refractivity contribution in [3.05, 3.63) is 80.7 Å². The molecule has 1 aliphatic rings. The van der Waals surface area contributed by atoms with Crippen LogP contribution in [0, 0.1) is 6.92 Å². The topological polar surface area (TPSA) is 36.7 Å². The van der Waals surface area contributed by atoms with Crippen molar-refractivity contribution < 1.29 is 4.42 Å². The number of benzene rings is 2. The van der Waals surface area contributed by atoms with Gasteiger partial charge in [0.1, 0.15) is 5.58 Å². The third-order valence-electron chi connectivity index (χ3n) is 5.16. The molecule has 140 valence electrons. The van der Waals surface area contributed by atoms with E-state index in [9.17, 15) is 4.79 Å². The molecule has 0 saturated carbocycles. The lowest BCUT2D eigenvalue weighted by atomic mass is 10.1. The molecular formula is C22H23ClN2O2. The van der Waals surface area contributed by atoms with Gasteiger partial charge in [-0.2, -0.15) is 0 Å². The molecule has 3 aromatic rings. The van der Waals surface area contributed by atoms with E-state index in [2.05, 4.69) is 34.1 Å². The summed E-state index contributed by atoms with van der Waals surface area (Å²) in [6.07, 6.45) is 0. The number of rotatable bonds is 4. The Kier molecular flexibility index (Phi) is 5.30. The molecule has 0 N–H and O–H groups in total. The van der Waals surface area contributed by atoms with Gasteiger partial charge in [-0.05, 0) is 41.8 Å². The van der Waals surface area contributed by atoms with Crippen LogP contribution >= 0.6 is 11.6 Å². The second-order valence-electron chi connectivity index (χ2n) is 7.27. The Morgan fingerprint density at radius 3 is 2.30 bits per heavy atom. The largest absolute Gasteiger partial charge is 0.423 e. The van der Waals surface area contributed by atoms with Gasteiger partial charge in [0.25, 0.3) is 0 Å². The predicted molar refractivity (Wildman–Crippen MR) is 109 cm³/mol. The minimum absolute atomic E-state index is 0.274. The number of nitrogens with zero attached hydrogens (tertiary/aromatic N) is 2. The summed E-state index contributed by atoms with van der Waals surface area (Å²) in [5, 5.41) is 1.81. The summed E-state index contributed by atoms with van der Waals surface area (Å²) in [6, 6.07) is 15.8. The van der Waals surface area contributed by atoms with Crippen molar-refractivity contribution in [1.82, 2.24) is 9.80 Å². The Hall–Kier alpha value is -2.14. The normalized spacial score (nSPS) is 16.1. The first-order chi connectivity index (χ1) is 13.1. The summed E-state index contributed by atoms with van der Waals surface area (Å²) in [6.45, 7) is 7.73. The minimum Gasteiger partial charge on any atom is -0.423 e. The van der Waals surface area contributed by atoms with E-state index in [0.717, 1.165) is 60.8 Å². The molecule has 0 bridgehead atoms. The highest BCUT2D eigenvalue weighted by Gasteiger charge is 2.18. The van der Waals surface area contributed by atoms with Gasteiger partial charge in [0, 0.05) is 55.7 Å². The molecule has 1 saturated heterocycles. The van der Waals surface area contributed by atoms with Crippen LogP contribution in [0.1, 0.15) is 16.7 Å². The standard InChI is InChI=1S/C22H23ClN2O2/c1-16-2-7-20-18(13-22(26)27-21(20)12-16)15-25-10-8-24(9-11-25)14-17-3-5-19(23)6-4-17/h2-7,12-13H,8-11,14-15H2,1H3. The molecule has 0 atom stereocenters. The minimum atomic E-state index is -0.274. The van der Waals surface area contributed by atoms with Crippen LogP contribution < -0.4 is 5.63 Å². The molecule has 1 aromatic heterocycles. The van der Waals surface area contributed by atoms with Gasteiger partial charge in [-0.1, -0.05) is 35.9 Å². The Balaban J connectivity index is 1.41. The Labute approximate surface area is 164 Å². The quantitative estimate of drug-likeness (QED) is 0.637. The number of hydrogen-bond donors (Lipinski definition) is 0. The molecular weight excluding hydrogens is 360 g/mol. The van der Waals surface area contributed by atoms with Gasteiger partial charge >= 0.3 is 5.63 Å². The molecule has 2 heterocycles. The fraction of sp³-hybridized carbons (Fsp3) is 0.318. The summed E-state index contributed by atoms with van der Waals surface area (Å²) in [7, 11) is 0. The lowest BCUT2D eigenvalue weighted by molar-refractivity contribution is 0.122. The Morgan fingerprint density at radius 1 is 0.926 bits per heavy atom. The highest BCUT2D eigenvalue weighted by molar-refractivity contribution is 6.30. The summed E-state index contributed by atoms with van der Waals surface area (Å²) in [4.78, 5) is 16.8. The predicted octanol–water partition coefficient (Wildman–Crippen LogP) is 4.07. The van der Waals surface area contributed by atoms with Crippen molar-refractivity contribution in [2.24, 2.45) is 0 Å². The molecule has 0 spiro atoms. The van der Waals surface area contributed by atoms with Gasteiger partial charge in [0.2, 0.25) is 0 Å². The first-order valence-electron chi connectivity index (χ1n) is 9.29. The Morgan fingerprint density at radius 2 is 1.59 bits per heavy atom. The number of fused-ring (bicyclic) bond motifs is 1. The fourth-order valence-electron chi connectivity index (χ4n) is 3.66. The van der Waals surface area contributed by atoms with E-state index in [1.807, 2.05) is 25.1 Å². The molecule has 0 unspecified atom stereocenters. The van der Waals surface area contributed by atoms with Crippen molar-refractivity contribution in [2.45, 2.75) is 20.0 Å². The summed E-state index contributed by atoms with van der Waals surface area (Å²) >= 11 is 5.96. The van der Waals surface area contributed by atoms with Gasteiger partial charge in [0.05, 0.1) is 0 Å². The van der Waals surface area contributed by atoms with Gasteiger partial charge in [-0.3, -0.25) is 9.80 Å². The zero-order valence-electron chi connectivity index (χ0n) is 15.5. The number of aryl methyl sites for hydroxylation is 1. The third kappa shape index (κ3) is 4.41. The van der Waals surface area contributed by atoms with Gasteiger partial charge in [-0.25, -0.2) is 4.79 Å². The maximum absolute atomic E-state index is 11.9. The van der Waals surface area contributed by atoms with Crippen molar-refractivity contribution in [3.63, 3.8) is 0 Å². The van der Waals surface area contributed by atoms with Crippen LogP contribution in [0.25, 0.3) is 11.0 Å². The Bertz CT molecular complexity index is 989. The third-order valence-corrected chi connectivity index (χ3v) is 5.42. The average molecular weight is 383 g/mol. The van der Waals surface area contributed by atoms with Gasteiger partial charge in [-0.15, -0.1) is 0 Å². The summed E-state index contributed by atoms with van der Waals surface area (Å²) in [5.74, 6) is 0. The zero-order valence-corrected chi connectivity index (χ0v) is 16.2. The highest BCUT2D eigenvalue weighted by atomic mass is 35.5. The smallest absolute Gasteiger partial charge is 0.336 e. The molecule has 0 amide bonds. The summed E-state index contributed by atoms with van der Waals surface area (Å²) < 4.78 is 5.37. The van der Waals surface area contributed by atoms with Crippen molar-refractivity contribution >= 4 is 22.6 Å². The van der Waals surface area contributed by atoms with Crippen molar-refractivity contribution in [2.75, 3.05) is 26.2 Å². The van der Waals surface area contributed by atoms with Crippen LogP contribution in [0.2, 0.25) is 5.02 Å². The van der Waals surface area contributed by atoms with Gasteiger partial charge < -0.3 is 4.42 Å². The van der Waals surface area contributed by atoms with Crippen molar-refractivity contribution in [3.8, 4) is 0 Å². The van der Waals surface area contributed by atoms with E-state index in [1.165, 1.54) is 5.56 Å². The SMILES string of the molecule is Cc1ccc2c(CN3CCN(Cc4ccc(Cl)cc4)CC3)cc(=O)oc2c1. The second kappa shape index (κ2) is 7.85. The van der Waals surface area contributed by atoms with Crippen LogP contribution in [-0.2, 0) is 13.1 Å².